The third kappa shape index (κ3) is 5.73. The average molecular weight is 585 g/mol. The summed E-state index contributed by atoms with van der Waals surface area (Å²) in [6.07, 6.45) is 1.73. The lowest BCUT2D eigenvalue weighted by atomic mass is 10.0. The number of rotatable bonds is 7. The molecule has 0 amide bonds. The van der Waals surface area contributed by atoms with Gasteiger partial charge in [-0.15, -0.1) is 0 Å². The molecule has 45 heavy (non-hydrogen) atoms. The molecule has 0 fully saturated rings. The molecule has 0 bridgehead atoms. The standard InChI is InChI=1S/C42H36N2O/c1-29-5-8-32(9-6-29)34-12-18-38(19-13-34)44(41-23-7-30(2)27-31(41)3)39-20-14-35(15-21-39)33-10-16-37(17-11-33)43(4)40-22-24-42-36(28-40)25-26-45-42/h5-28H,1-4H3. The lowest BCUT2D eigenvalue weighted by Crippen LogP contribution is -2.11. The summed E-state index contributed by atoms with van der Waals surface area (Å²) in [7, 11) is 2.10. The molecule has 0 atom stereocenters. The first-order valence-electron chi connectivity index (χ1n) is 15.4. The highest BCUT2D eigenvalue weighted by Gasteiger charge is 2.16. The second kappa shape index (κ2) is 11.9. The molecule has 0 unspecified atom stereocenters. The van der Waals surface area contributed by atoms with Crippen molar-refractivity contribution >= 4 is 39.4 Å². The molecule has 3 heteroatoms. The fourth-order valence-electron chi connectivity index (χ4n) is 6.02. The van der Waals surface area contributed by atoms with Crippen molar-refractivity contribution in [1.82, 2.24) is 0 Å². The lowest BCUT2D eigenvalue weighted by molar-refractivity contribution is 0.616. The molecule has 0 aliphatic heterocycles. The predicted octanol–water partition coefficient (Wildman–Crippen LogP) is 11.9. The molecule has 0 aliphatic carbocycles. The van der Waals surface area contributed by atoms with Gasteiger partial charge in [-0.3, -0.25) is 0 Å². The van der Waals surface area contributed by atoms with Gasteiger partial charge in [-0.05, 0) is 115 Å². The van der Waals surface area contributed by atoms with Crippen LogP contribution in [0.5, 0.6) is 0 Å². The van der Waals surface area contributed by atoms with Crippen LogP contribution in [0.3, 0.4) is 0 Å². The molecule has 7 aromatic rings. The van der Waals surface area contributed by atoms with Gasteiger partial charge in [-0.25, -0.2) is 0 Å². The van der Waals surface area contributed by atoms with Gasteiger partial charge in [0.2, 0.25) is 0 Å². The Labute approximate surface area is 265 Å². The first kappa shape index (κ1) is 28.2. The molecule has 6 aromatic carbocycles. The molecular weight excluding hydrogens is 548 g/mol. The summed E-state index contributed by atoms with van der Waals surface area (Å²) in [6.45, 7) is 6.46. The maximum Gasteiger partial charge on any atom is 0.133 e. The Hall–Kier alpha value is -5.54. The molecule has 0 radical (unpaired) electrons. The van der Waals surface area contributed by atoms with Crippen molar-refractivity contribution in [1.29, 1.82) is 0 Å². The Balaban J connectivity index is 1.17. The molecule has 0 N–H and O–H groups in total. The second-order valence-electron chi connectivity index (χ2n) is 11.8. The highest BCUT2D eigenvalue weighted by atomic mass is 16.3. The summed E-state index contributed by atoms with van der Waals surface area (Å²) in [5.74, 6) is 0. The van der Waals surface area contributed by atoms with Crippen molar-refractivity contribution in [3.8, 4) is 22.3 Å². The molecule has 220 valence electrons. The predicted molar refractivity (Wildman–Crippen MR) is 190 cm³/mol. The van der Waals surface area contributed by atoms with Gasteiger partial charge < -0.3 is 14.2 Å². The monoisotopic (exact) mass is 584 g/mol. The van der Waals surface area contributed by atoms with Crippen LogP contribution in [0.2, 0.25) is 0 Å². The second-order valence-corrected chi connectivity index (χ2v) is 11.8. The Bertz CT molecular complexity index is 2070. The van der Waals surface area contributed by atoms with Crippen LogP contribution in [0.25, 0.3) is 33.2 Å². The van der Waals surface area contributed by atoms with Gasteiger partial charge in [-0.2, -0.15) is 0 Å². The van der Waals surface area contributed by atoms with Gasteiger partial charge in [0.1, 0.15) is 5.58 Å². The number of hydrogen-bond donors (Lipinski definition) is 0. The van der Waals surface area contributed by atoms with Gasteiger partial charge >= 0.3 is 0 Å². The smallest absolute Gasteiger partial charge is 0.133 e. The van der Waals surface area contributed by atoms with E-state index in [-0.39, 0.29) is 0 Å². The third-order valence-corrected chi connectivity index (χ3v) is 8.64. The largest absolute Gasteiger partial charge is 0.464 e. The van der Waals surface area contributed by atoms with Gasteiger partial charge in [0.15, 0.2) is 0 Å². The number of fused-ring (bicyclic) bond motifs is 1. The van der Waals surface area contributed by atoms with Crippen molar-refractivity contribution in [3.05, 3.63) is 162 Å². The number of aryl methyl sites for hydroxylation is 3. The van der Waals surface area contributed by atoms with E-state index in [1.54, 1.807) is 6.26 Å². The molecule has 0 aliphatic rings. The van der Waals surface area contributed by atoms with Crippen molar-refractivity contribution in [2.75, 3.05) is 16.8 Å². The van der Waals surface area contributed by atoms with E-state index >= 15 is 0 Å². The number of anilines is 5. The lowest BCUT2D eigenvalue weighted by Gasteiger charge is -2.27. The quantitative estimate of drug-likeness (QED) is 0.186. The van der Waals surface area contributed by atoms with E-state index in [1.165, 1.54) is 44.6 Å². The van der Waals surface area contributed by atoms with Crippen molar-refractivity contribution in [3.63, 3.8) is 0 Å². The molecule has 0 saturated carbocycles. The minimum Gasteiger partial charge on any atom is -0.464 e. The first-order valence-corrected chi connectivity index (χ1v) is 15.4. The fraction of sp³-hybridized carbons (Fsp3) is 0.0952. The van der Waals surface area contributed by atoms with E-state index in [0.29, 0.717) is 0 Å². The molecule has 0 spiro atoms. The minimum absolute atomic E-state index is 0.904. The van der Waals surface area contributed by atoms with Gasteiger partial charge in [0.25, 0.3) is 0 Å². The summed E-state index contributed by atoms with van der Waals surface area (Å²) in [4.78, 5) is 4.55. The molecule has 0 saturated heterocycles. The van der Waals surface area contributed by atoms with Crippen molar-refractivity contribution in [2.24, 2.45) is 0 Å². The van der Waals surface area contributed by atoms with Crippen LogP contribution in [-0.4, -0.2) is 7.05 Å². The third-order valence-electron chi connectivity index (χ3n) is 8.64. The molecular formula is C42H36N2O. The van der Waals surface area contributed by atoms with Crippen molar-refractivity contribution in [2.45, 2.75) is 20.8 Å². The van der Waals surface area contributed by atoms with E-state index in [2.05, 4.69) is 165 Å². The van der Waals surface area contributed by atoms with Crippen LogP contribution in [-0.2, 0) is 0 Å². The average Bonchev–Trinajstić information content (AvgIpc) is 3.55. The summed E-state index contributed by atoms with van der Waals surface area (Å²) in [6, 6.07) is 50.2. The van der Waals surface area contributed by atoms with Crippen LogP contribution in [0.1, 0.15) is 16.7 Å². The van der Waals surface area contributed by atoms with E-state index in [0.717, 1.165) is 33.7 Å². The van der Waals surface area contributed by atoms with Crippen LogP contribution in [0.15, 0.2) is 150 Å². The zero-order chi connectivity index (χ0) is 30.9. The molecule has 7 rings (SSSR count). The van der Waals surface area contributed by atoms with Crippen LogP contribution in [0.4, 0.5) is 28.4 Å². The molecule has 1 aromatic heterocycles. The summed E-state index contributed by atoms with van der Waals surface area (Å²) < 4.78 is 5.51. The number of hydrogen-bond acceptors (Lipinski definition) is 3. The zero-order valence-electron chi connectivity index (χ0n) is 26.2. The van der Waals surface area contributed by atoms with Crippen LogP contribution >= 0.6 is 0 Å². The fourth-order valence-corrected chi connectivity index (χ4v) is 6.02. The summed E-state index contributed by atoms with van der Waals surface area (Å²) in [5.41, 5.74) is 15.2. The Morgan fingerprint density at radius 1 is 0.444 bits per heavy atom. The Morgan fingerprint density at radius 3 is 1.49 bits per heavy atom. The molecule has 3 nitrogen and oxygen atoms in total. The number of benzene rings is 6. The Morgan fingerprint density at radius 2 is 0.933 bits per heavy atom. The molecule has 1 heterocycles. The van der Waals surface area contributed by atoms with Gasteiger partial charge in [0.05, 0.1) is 6.26 Å². The van der Waals surface area contributed by atoms with Gasteiger partial charge in [0, 0.05) is 40.9 Å². The van der Waals surface area contributed by atoms with Crippen molar-refractivity contribution < 1.29 is 4.42 Å². The number of furan rings is 1. The topological polar surface area (TPSA) is 19.6 Å². The zero-order valence-corrected chi connectivity index (χ0v) is 26.2. The van der Waals surface area contributed by atoms with Crippen LogP contribution < -0.4 is 9.80 Å². The van der Waals surface area contributed by atoms with E-state index in [9.17, 15) is 0 Å². The number of nitrogens with zero attached hydrogens (tertiary/aromatic N) is 2. The van der Waals surface area contributed by atoms with E-state index in [1.807, 2.05) is 12.1 Å². The summed E-state index contributed by atoms with van der Waals surface area (Å²) in [5, 5.41) is 1.10. The minimum atomic E-state index is 0.904. The van der Waals surface area contributed by atoms with E-state index < -0.39 is 0 Å². The van der Waals surface area contributed by atoms with Gasteiger partial charge in [-0.1, -0.05) is 83.9 Å². The van der Waals surface area contributed by atoms with Crippen LogP contribution in [0, 0.1) is 20.8 Å². The van der Waals surface area contributed by atoms with E-state index in [4.69, 9.17) is 4.42 Å². The normalized spacial score (nSPS) is 11.1. The first-order chi connectivity index (χ1) is 21.9. The highest BCUT2D eigenvalue weighted by molar-refractivity contribution is 5.84. The maximum atomic E-state index is 5.51. The maximum absolute atomic E-state index is 5.51. The summed E-state index contributed by atoms with van der Waals surface area (Å²) >= 11 is 0. The Kier molecular flexibility index (Phi) is 7.44. The highest BCUT2D eigenvalue weighted by Crippen LogP contribution is 2.39. The SMILES string of the molecule is Cc1ccc(-c2ccc(N(c3ccc(-c4ccc(N(C)c5ccc6occc6c5)cc4)cc3)c3ccc(C)cc3C)cc2)cc1.